The van der Waals surface area contributed by atoms with Crippen molar-refractivity contribution in [3.05, 3.63) is 76.7 Å². The quantitative estimate of drug-likeness (QED) is 0.238. The second-order valence-corrected chi connectivity index (χ2v) is 10.8. The van der Waals surface area contributed by atoms with Crippen LogP contribution in [0.2, 0.25) is 0 Å². The summed E-state index contributed by atoms with van der Waals surface area (Å²) in [5.74, 6) is 2.02. The molecule has 0 N–H and O–H groups in total. The summed E-state index contributed by atoms with van der Waals surface area (Å²) in [6, 6.07) is 16.1. The summed E-state index contributed by atoms with van der Waals surface area (Å²) in [5, 5.41) is 1.57. The molecular formula is C31H36N2O7S. The van der Waals surface area contributed by atoms with Gasteiger partial charge in [0.1, 0.15) is 17.2 Å². The van der Waals surface area contributed by atoms with Crippen LogP contribution in [-0.2, 0) is 16.6 Å². The van der Waals surface area contributed by atoms with Gasteiger partial charge in [-0.1, -0.05) is 6.07 Å². The van der Waals surface area contributed by atoms with Crippen LogP contribution in [0.3, 0.4) is 0 Å². The highest BCUT2D eigenvalue weighted by molar-refractivity contribution is 7.87. The molecular weight excluding hydrogens is 544 g/mol. The van der Waals surface area contributed by atoms with Crippen molar-refractivity contribution in [1.29, 1.82) is 0 Å². The molecule has 0 saturated carbocycles. The van der Waals surface area contributed by atoms with Crippen LogP contribution in [-0.4, -0.2) is 76.7 Å². The molecule has 218 valence electrons. The van der Waals surface area contributed by atoms with Gasteiger partial charge in [-0.25, -0.2) is 4.79 Å². The predicted octanol–water partition coefficient (Wildman–Crippen LogP) is 4.61. The molecule has 1 aliphatic heterocycles. The summed E-state index contributed by atoms with van der Waals surface area (Å²) in [4.78, 5) is 17.6. The van der Waals surface area contributed by atoms with Gasteiger partial charge >= 0.3 is 5.97 Å². The van der Waals surface area contributed by atoms with Crippen LogP contribution in [0.5, 0.6) is 28.7 Å². The van der Waals surface area contributed by atoms with E-state index in [-0.39, 0.29) is 11.5 Å². The Balaban J connectivity index is 1.45. The topological polar surface area (TPSA) is 86.8 Å². The highest BCUT2D eigenvalue weighted by atomic mass is 32.2. The van der Waals surface area contributed by atoms with Crippen molar-refractivity contribution in [2.45, 2.75) is 5.75 Å². The van der Waals surface area contributed by atoms with E-state index in [0.717, 1.165) is 37.4 Å². The molecule has 1 saturated heterocycles. The second-order valence-electron chi connectivity index (χ2n) is 9.49. The number of likely N-dealkylation sites (N-methyl/N-ethyl adjacent to an activating group) is 1. The highest BCUT2D eigenvalue weighted by Crippen LogP contribution is 2.35. The van der Waals surface area contributed by atoms with Gasteiger partial charge in [0.25, 0.3) is 0 Å². The number of benzene rings is 3. The standard InChI is InChI=1S/C31H36N2O7S/c1-32-13-15-33(16-14-32)24-9-7-23(8-10-24)31(34)40-30-18-22(6-11-27(30)37-3)21-41(35)17-12-26-28(38-4)19-25(36-2)20-29(26)39-5/h6-12,17-20H,13-16,21H2,1-5H3/b17-12+. The van der Waals surface area contributed by atoms with Crippen molar-refractivity contribution in [3.8, 4) is 28.7 Å². The number of ether oxygens (including phenoxy) is 5. The lowest BCUT2D eigenvalue weighted by atomic mass is 10.1. The molecule has 3 aromatic carbocycles. The number of hydrogen-bond donors (Lipinski definition) is 0. The molecule has 10 heteroatoms. The summed E-state index contributed by atoms with van der Waals surface area (Å²) in [7, 11) is 6.89. The van der Waals surface area contributed by atoms with Crippen LogP contribution >= 0.6 is 0 Å². The first-order chi connectivity index (χ1) is 19.8. The van der Waals surface area contributed by atoms with Gasteiger partial charge < -0.3 is 33.5 Å². The average Bonchev–Trinajstić information content (AvgIpc) is 3.00. The average molecular weight is 581 g/mol. The summed E-state index contributed by atoms with van der Waals surface area (Å²) < 4.78 is 40.3. The second kappa shape index (κ2) is 14.0. The van der Waals surface area contributed by atoms with E-state index < -0.39 is 16.8 Å². The van der Waals surface area contributed by atoms with E-state index in [0.29, 0.717) is 34.1 Å². The molecule has 0 aliphatic carbocycles. The fourth-order valence-corrected chi connectivity index (χ4v) is 5.37. The van der Waals surface area contributed by atoms with E-state index in [1.807, 2.05) is 12.1 Å². The molecule has 1 unspecified atom stereocenters. The van der Waals surface area contributed by atoms with Gasteiger partial charge in [0.2, 0.25) is 0 Å². The molecule has 4 rings (SSSR count). The highest BCUT2D eigenvalue weighted by Gasteiger charge is 2.17. The Hall–Kier alpha value is -4.02. The molecule has 1 heterocycles. The van der Waals surface area contributed by atoms with Crippen LogP contribution in [0, 0.1) is 0 Å². The lowest BCUT2D eigenvalue weighted by Gasteiger charge is -2.34. The van der Waals surface area contributed by atoms with Crippen molar-refractivity contribution >= 4 is 28.5 Å². The van der Waals surface area contributed by atoms with Gasteiger partial charge in [0.05, 0.1) is 56.1 Å². The molecule has 0 radical (unpaired) electrons. The third-order valence-corrected chi connectivity index (χ3v) is 7.91. The first-order valence-corrected chi connectivity index (χ1v) is 14.5. The number of esters is 1. The fraction of sp³-hybridized carbons (Fsp3) is 0.323. The van der Waals surface area contributed by atoms with E-state index in [2.05, 4.69) is 16.8 Å². The molecule has 1 atom stereocenters. The summed E-state index contributed by atoms with van der Waals surface area (Å²) in [6.45, 7) is 3.90. The molecule has 3 aromatic rings. The lowest BCUT2D eigenvalue weighted by Crippen LogP contribution is -2.44. The van der Waals surface area contributed by atoms with Crippen molar-refractivity contribution in [2.24, 2.45) is 0 Å². The molecule has 1 fully saturated rings. The molecule has 41 heavy (non-hydrogen) atoms. The zero-order valence-electron chi connectivity index (χ0n) is 24.0. The van der Waals surface area contributed by atoms with Crippen LogP contribution in [0.25, 0.3) is 6.08 Å². The van der Waals surface area contributed by atoms with Crippen LogP contribution in [0.4, 0.5) is 5.69 Å². The monoisotopic (exact) mass is 580 g/mol. The van der Waals surface area contributed by atoms with Gasteiger partial charge in [-0.05, 0) is 55.1 Å². The zero-order chi connectivity index (χ0) is 29.4. The van der Waals surface area contributed by atoms with E-state index in [1.54, 1.807) is 75.3 Å². The Morgan fingerprint density at radius 2 is 1.44 bits per heavy atom. The largest absolute Gasteiger partial charge is 0.496 e. The predicted molar refractivity (Wildman–Crippen MR) is 161 cm³/mol. The number of hydrogen-bond acceptors (Lipinski definition) is 9. The molecule has 0 aromatic heterocycles. The SMILES string of the molecule is COc1cc(OC)c(/C=C/S(=O)Cc2ccc(OC)c(OC(=O)c3ccc(N4CCN(C)CC4)cc3)c2)c(OC)c1. The molecule has 0 bridgehead atoms. The van der Waals surface area contributed by atoms with Gasteiger partial charge in [-0.15, -0.1) is 0 Å². The summed E-state index contributed by atoms with van der Waals surface area (Å²) in [6.07, 6.45) is 1.70. The van der Waals surface area contributed by atoms with E-state index >= 15 is 0 Å². The van der Waals surface area contributed by atoms with Crippen LogP contribution in [0.15, 0.2) is 60.0 Å². The third-order valence-electron chi connectivity index (χ3n) is 6.85. The molecule has 0 amide bonds. The maximum absolute atomic E-state index is 13.0. The van der Waals surface area contributed by atoms with Gasteiger partial charge in [-0.2, -0.15) is 0 Å². The molecule has 0 spiro atoms. The van der Waals surface area contributed by atoms with Gasteiger partial charge in [0, 0.05) is 49.4 Å². The number of rotatable bonds is 11. The smallest absolute Gasteiger partial charge is 0.343 e. The van der Waals surface area contributed by atoms with Crippen molar-refractivity contribution < 1.29 is 32.7 Å². The number of anilines is 1. The maximum atomic E-state index is 13.0. The molecule has 9 nitrogen and oxygen atoms in total. The number of methoxy groups -OCH3 is 4. The number of carbonyl (C=O) groups excluding carboxylic acids is 1. The number of nitrogens with zero attached hydrogens (tertiary/aromatic N) is 2. The fourth-order valence-electron chi connectivity index (χ4n) is 4.48. The van der Waals surface area contributed by atoms with E-state index in [1.165, 1.54) is 7.11 Å². The lowest BCUT2D eigenvalue weighted by molar-refractivity contribution is 0.0729. The minimum absolute atomic E-state index is 0.200. The van der Waals surface area contributed by atoms with Crippen molar-refractivity contribution in [3.63, 3.8) is 0 Å². The third kappa shape index (κ3) is 7.59. The Morgan fingerprint density at radius 1 is 0.805 bits per heavy atom. The van der Waals surface area contributed by atoms with Crippen molar-refractivity contribution in [1.82, 2.24) is 4.90 Å². The van der Waals surface area contributed by atoms with E-state index in [4.69, 9.17) is 23.7 Å². The number of carbonyl (C=O) groups is 1. The Kier molecular flexibility index (Phi) is 10.3. The zero-order valence-corrected chi connectivity index (χ0v) is 24.9. The minimum Gasteiger partial charge on any atom is -0.496 e. The normalized spacial score (nSPS) is 14.5. The Bertz CT molecular complexity index is 1380. The molecule has 1 aliphatic rings. The van der Waals surface area contributed by atoms with Gasteiger partial charge in [-0.3, -0.25) is 4.21 Å². The van der Waals surface area contributed by atoms with Crippen LogP contribution in [0.1, 0.15) is 21.5 Å². The maximum Gasteiger partial charge on any atom is 0.343 e. The van der Waals surface area contributed by atoms with Crippen LogP contribution < -0.4 is 28.6 Å². The first-order valence-electron chi connectivity index (χ1n) is 13.1. The first kappa shape index (κ1) is 30.0. The number of piperazine rings is 1. The summed E-state index contributed by atoms with van der Waals surface area (Å²) >= 11 is 0. The Morgan fingerprint density at radius 3 is 2.02 bits per heavy atom. The summed E-state index contributed by atoms with van der Waals surface area (Å²) in [5.41, 5.74) is 2.88. The van der Waals surface area contributed by atoms with Crippen molar-refractivity contribution in [2.75, 3.05) is 66.6 Å². The minimum atomic E-state index is -1.38. The van der Waals surface area contributed by atoms with E-state index in [9.17, 15) is 9.00 Å². The Labute approximate surface area is 243 Å². The van der Waals surface area contributed by atoms with Gasteiger partial charge in [0.15, 0.2) is 11.5 Å².